The quantitative estimate of drug-likeness (QED) is 0.720. The summed E-state index contributed by atoms with van der Waals surface area (Å²) in [5.41, 5.74) is -0.893. The van der Waals surface area contributed by atoms with Gasteiger partial charge >= 0.3 is 6.55 Å². The first-order valence-corrected chi connectivity index (χ1v) is 10.6. The number of hydrogen-bond acceptors (Lipinski definition) is 5. The third-order valence-corrected chi connectivity index (χ3v) is 6.04. The number of piperidine rings is 1. The molecule has 1 aromatic heterocycles. The molecule has 9 nitrogen and oxygen atoms in total. The lowest BCUT2D eigenvalue weighted by molar-refractivity contribution is -0.137. The van der Waals surface area contributed by atoms with Crippen molar-refractivity contribution in [2.45, 2.75) is 51.6 Å². The average Bonchev–Trinajstić information content (AvgIpc) is 3.25. The lowest BCUT2D eigenvalue weighted by Gasteiger charge is -2.41. The first-order valence-electron chi connectivity index (χ1n) is 10.6. The molecule has 2 aliphatic rings. The van der Waals surface area contributed by atoms with Crippen LogP contribution in [0, 0.1) is 5.41 Å². The van der Waals surface area contributed by atoms with E-state index in [0.29, 0.717) is 43.7 Å². The highest BCUT2D eigenvalue weighted by atomic mass is 19.3. The first-order chi connectivity index (χ1) is 14.8. The van der Waals surface area contributed by atoms with Crippen molar-refractivity contribution in [3.63, 3.8) is 0 Å². The molecular weight excluding hydrogens is 412 g/mol. The number of carbonyl (C=O) groups excluding carboxylic acids is 3. The summed E-state index contributed by atoms with van der Waals surface area (Å²) in [5.74, 6) is -1.02. The monoisotopic (exact) mass is 441 g/mol. The fourth-order valence-electron chi connectivity index (χ4n) is 4.11. The second kappa shape index (κ2) is 10.2. The number of ether oxygens (including phenoxy) is 1. The summed E-state index contributed by atoms with van der Waals surface area (Å²) in [6.45, 7) is 0.605. The largest absolute Gasteiger partial charge is 0.380 e. The van der Waals surface area contributed by atoms with E-state index in [9.17, 15) is 23.2 Å². The van der Waals surface area contributed by atoms with Gasteiger partial charge in [-0.3, -0.25) is 14.4 Å². The van der Waals surface area contributed by atoms with E-state index in [1.165, 1.54) is 17.2 Å². The minimum absolute atomic E-state index is 0.173. The SMILES string of the molecule is C[C@@H]1NC(=O)C2(CCCCOCCNC1=O)CCN(C(=O)c1ccnn1C(F)F)CC2. The number of alkyl halides is 2. The molecule has 2 fully saturated rings. The summed E-state index contributed by atoms with van der Waals surface area (Å²) >= 11 is 0. The highest BCUT2D eigenvalue weighted by Gasteiger charge is 2.43. The van der Waals surface area contributed by atoms with Crippen LogP contribution in [0.5, 0.6) is 0 Å². The van der Waals surface area contributed by atoms with Crippen LogP contribution < -0.4 is 10.6 Å². The van der Waals surface area contributed by atoms with Gasteiger partial charge < -0.3 is 20.3 Å². The van der Waals surface area contributed by atoms with E-state index in [1.54, 1.807) is 6.92 Å². The number of aromatic nitrogens is 2. The number of halogens is 2. The van der Waals surface area contributed by atoms with Crippen LogP contribution in [0.2, 0.25) is 0 Å². The van der Waals surface area contributed by atoms with Crippen LogP contribution in [-0.4, -0.2) is 71.3 Å². The van der Waals surface area contributed by atoms with Gasteiger partial charge in [0.1, 0.15) is 11.7 Å². The highest BCUT2D eigenvalue weighted by Crippen LogP contribution is 2.37. The van der Waals surface area contributed by atoms with Crippen LogP contribution in [0.4, 0.5) is 8.78 Å². The number of nitrogens with zero attached hydrogens (tertiary/aromatic N) is 3. The molecule has 2 N–H and O–H groups in total. The van der Waals surface area contributed by atoms with E-state index in [1.807, 2.05) is 0 Å². The maximum absolute atomic E-state index is 13.2. The Hall–Kier alpha value is -2.56. The van der Waals surface area contributed by atoms with Gasteiger partial charge in [0.2, 0.25) is 11.8 Å². The van der Waals surface area contributed by atoms with Crippen molar-refractivity contribution < 1.29 is 27.9 Å². The molecule has 172 valence electrons. The summed E-state index contributed by atoms with van der Waals surface area (Å²) in [7, 11) is 0. The standard InChI is InChI=1S/C20H29F2N5O4/c1-14-16(28)23-9-13-31-12-3-2-5-20(18(30)25-14)6-10-26(11-7-20)17(29)15-4-8-24-27(15)19(21)22/h4,8,14,19H,2-3,5-7,9-13H2,1H3,(H,23,28)(H,25,30)/t14-/m0/s1. The Labute approximate surface area is 179 Å². The van der Waals surface area contributed by atoms with E-state index in [4.69, 9.17) is 4.74 Å². The highest BCUT2D eigenvalue weighted by molar-refractivity contribution is 5.93. The van der Waals surface area contributed by atoms with Gasteiger partial charge in [-0.15, -0.1) is 0 Å². The van der Waals surface area contributed by atoms with Crippen molar-refractivity contribution in [3.8, 4) is 0 Å². The van der Waals surface area contributed by atoms with E-state index < -0.39 is 23.9 Å². The number of likely N-dealkylation sites (tertiary alicyclic amines) is 1. The van der Waals surface area contributed by atoms with Gasteiger partial charge in [-0.25, -0.2) is 0 Å². The lowest BCUT2D eigenvalue weighted by atomic mass is 9.73. The van der Waals surface area contributed by atoms with Gasteiger partial charge in [0.15, 0.2) is 0 Å². The molecule has 1 atom stereocenters. The molecule has 31 heavy (non-hydrogen) atoms. The smallest absolute Gasteiger partial charge is 0.333 e. The molecule has 0 aliphatic carbocycles. The lowest BCUT2D eigenvalue weighted by Crippen LogP contribution is -2.54. The summed E-state index contributed by atoms with van der Waals surface area (Å²) in [5, 5.41) is 9.06. The zero-order valence-corrected chi connectivity index (χ0v) is 17.6. The molecule has 3 rings (SSSR count). The van der Waals surface area contributed by atoms with Gasteiger partial charge in [0.05, 0.1) is 12.0 Å². The van der Waals surface area contributed by atoms with Gasteiger partial charge in [0.25, 0.3) is 5.91 Å². The molecule has 2 aliphatic heterocycles. The normalized spacial score (nSPS) is 23.5. The van der Waals surface area contributed by atoms with Crippen LogP contribution in [-0.2, 0) is 14.3 Å². The van der Waals surface area contributed by atoms with Crippen LogP contribution in [0.1, 0.15) is 56.1 Å². The minimum Gasteiger partial charge on any atom is -0.380 e. The Bertz CT molecular complexity index is 792. The van der Waals surface area contributed by atoms with Crippen LogP contribution >= 0.6 is 0 Å². The van der Waals surface area contributed by atoms with E-state index >= 15 is 0 Å². The molecule has 3 amide bonds. The van der Waals surface area contributed by atoms with Gasteiger partial charge in [-0.1, -0.05) is 6.42 Å². The third-order valence-electron chi connectivity index (χ3n) is 6.04. The summed E-state index contributed by atoms with van der Waals surface area (Å²) < 4.78 is 32.1. The Morgan fingerprint density at radius 3 is 2.68 bits per heavy atom. The van der Waals surface area contributed by atoms with Crippen LogP contribution in [0.25, 0.3) is 0 Å². The van der Waals surface area contributed by atoms with Gasteiger partial charge in [-0.05, 0) is 38.7 Å². The summed E-state index contributed by atoms with van der Waals surface area (Å²) in [6.07, 6.45) is 4.12. The van der Waals surface area contributed by atoms with E-state index in [-0.39, 0.29) is 30.6 Å². The molecule has 0 unspecified atom stereocenters. The van der Waals surface area contributed by atoms with Crippen molar-refractivity contribution in [2.24, 2.45) is 5.41 Å². The summed E-state index contributed by atoms with van der Waals surface area (Å²) in [6, 6.07) is 0.579. The van der Waals surface area contributed by atoms with Crippen LogP contribution in [0.15, 0.2) is 12.3 Å². The zero-order chi connectivity index (χ0) is 22.4. The van der Waals surface area contributed by atoms with Gasteiger partial charge in [-0.2, -0.15) is 18.6 Å². The second-order valence-electron chi connectivity index (χ2n) is 8.07. The third kappa shape index (κ3) is 5.38. The second-order valence-corrected chi connectivity index (χ2v) is 8.07. The van der Waals surface area contributed by atoms with Crippen LogP contribution in [0.3, 0.4) is 0 Å². The predicted octanol–water partition coefficient (Wildman–Crippen LogP) is 1.32. The molecule has 0 bridgehead atoms. The number of nitrogens with one attached hydrogen (secondary N) is 2. The molecule has 11 heteroatoms. The Morgan fingerprint density at radius 1 is 1.23 bits per heavy atom. The Balaban J connectivity index is 1.70. The molecule has 2 saturated heterocycles. The number of carbonyl (C=O) groups is 3. The fraction of sp³-hybridized carbons (Fsp3) is 0.700. The maximum Gasteiger partial charge on any atom is 0.333 e. The van der Waals surface area contributed by atoms with Crippen molar-refractivity contribution in [3.05, 3.63) is 18.0 Å². The zero-order valence-electron chi connectivity index (χ0n) is 17.6. The van der Waals surface area contributed by atoms with Crippen molar-refractivity contribution in [1.29, 1.82) is 0 Å². The van der Waals surface area contributed by atoms with E-state index in [0.717, 1.165) is 12.8 Å². The van der Waals surface area contributed by atoms with Crippen molar-refractivity contribution >= 4 is 17.7 Å². The average molecular weight is 441 g/mol. The molecular formula is C20H29F2N5O4. The maximum atomic E-state index is 13.2. The van der Waals surface area contributed by atoms with E-state index in [2.05, 4.69) is 15.7 Å². The fourth-order valence-corrected chi connectivity index (χ4v) is 4.11. The number of hydrogen-bond donors (Lipinski definition) is 2. The molecule has 1 spiro atoms. The molecule has 0 saturated carbocycles. The number of rotatable bonds is 2. The molecule has 3 heterocycles. The summed E-state index contributed by atoms with van der Waals surface area (Å²) in [4.78, 5) is 39.6. The Morgan fingerprint density at radius 2 is 1.97 bits per heavy atom. The molecule has 1 aromatic rings. The Kier molecular flexibility index (Phi) is 7.58. The first kappa shape index (κ1) is 23.1. The molecule has 0 radical (unpaired) electrons. The van der Waals surface area contributed by atoms with Crippen molar-refractivity contribution in [1.82, 2.24) is 25.3 Å². The van der Waals surface area contributed by atoms with Crippen molar-refractivity contribution in [2.75, 3.05) is 32.8 Å². The molecule has 0 aromatic carbocycles. The predicted molar refractivity (Wildman–Crippen MR) is 106 cm³/mol. The topological polar surface area (TPSA) is 106 Å². The van der Waals surface area contributed by atoms with Gasteiger partial charge in [0, 0.05) is 32.4 Å². The number of amides is 3. The minimum atomic E-state index is -2.90.